The van der Waals surface area contributed by atoms with Gasteiger partial charge in [0.05, 0.1) is 36.2 Å². The molecule has 0 N–H and O–H groups in total. The second kappa shape index (κ2) is 12.2. The summed E-state index contributed by atoms with van der Waals surface area (Å²) in [6, 6.07) is 22.0. The fourth-order valence-electron chi connectivity index (χ4n) is 5.39. The van der Waals surface area contributed by atoms with Gasteiger partial charge in [0, 0.05) is 36.0 Å². The highest BCUT2D eigenvalue weighted by Crippen LogP contribution is 2.45. The van der Waals surface area contributed by atoms with Crippen LogP contribution >= 0.6 is 0 Å². The van der Waals surface area contributed by atoms with Crippen molar-refractivity contribution in [3.05, 3.63) is 112 Å². The summed E-state index contributed by atoms with van der Waals surface area (Å²) in [5.41, 5.74) is 3.06. The van der Waals surface area contributed by atoms with Gasteiger partial charge in [-0.2, -0.15) is 0 Å². The predicted octanol–water partition coefficient (Wildman–Crippen LogP) is 5.78. The van der Waals surface area contributed by atoms with Crippen molar-refractivity contribution in [2.45, 2.75) is 25.8 Å². The minimum atomic E-state index is -0.589. The molecule has 10 nitrogen and oxygen atoms in total. The van der Waals surface area contributed by atoms with Crippen LogP contribution < -0.4 is 14.4 Å². The van der Waals surface area contributed by atoms with Gasteiger partial charge < -0.3 is 18.9 Å². The molecule has 4 aromatic rings. The fraction of sp³-hybridized carbons (Fsp3) is 0.250. The van der Waals surface area contributed by atoms with Crippen LogP contribution in [0.1, 0.15) is 47.4 Å². The summed E-state index contributed by atoms with van der Waals surface area (Å²) in [5.74, 6) is 0.450. The minimum absolute atomic E-state index is 0.159. The van der Waals surface area contributed by atoms with Gasteiger partial charge in [-0.1, -0.05) is 31.5 Å². The van der Waals surface area contributed by atoms with Crippen LogP contribution in [0.5, 0.6) is 11.5 Å². The molecule has 2 heterocycles. The van der Waals surface area contributed by atoms with E-state index in [1.54, 1.807) is 25.2 Å². The predicted molar refractivity (Wildman–Crippen MR) is 159 cm³/mol. The molecule has 0 bridgehead atoms. The molecule has 0 radical (unpaired) electrons. The number of carbonyl (C=O) groups excluding carboxylic acids is 2. The molecule has 2 amide bonds. The van der Waals surface area contributed by atoms with E-state index in [1.165, 1.54) is 29.2 Å². The number of methoxy groups -OCH3 is 2. The van der Waals surface area contributed by atoms with Crippen molar-refractivity contribution in [3.63, 3.8) is 0 Å². The summed E-state index contributed by atoms with van der Waals surface area (Å²) in [6.45, 7) is 2.10. The zero-order valence-electron chi connectivity index (χ0n) is 23.7. The number of non-ortho nitro benzene ring substituents is 1. The van der Waals surface area contributed by atoms with Crippen molar-refractivity contribution in [2.24, 2.45) is 0 Å². The normalized spacial score (nSPS) is 13.6. The monoisotopic (exact) mass is 568 g/mol. The lowest BCUT2D eigenvalue weighted by atomic mass is 9.96. The van der Waals surface area contributed by atoms with Gasteiger partial charge in [-0.15, -0.1) is 0 Å². The van der Waals surface area contributed by atoms with Crippen molar-refractivity contribution in [3.8, 4) is 17.2 Å². The number of nitro groups is 1. The number of para-hydroxylation sites is 2. The molecular weight excluding hydrogens is 536 g/mol. The van der Waals surface area contributed by atoms with Crippen molar-refractivity contribution in [1.82, 2.24) is 9.47 Å². The highest BCUT2D eigenvalue weighted by molar-refractivity contribution is 6.03. The third kappa shape index (κ3) is 5.30. The average molecular weight is 569 g/mol. The molecular formula is C32H32N4O6. The summed E-state index contributed by atoms with van der Waals surface area (Å²) < 4.78 is 13.3. The second-order valence-corrected chi connectivity index (χ2v) is 9.95. The summed E-state index contributed by atoms with van der Waals surface area (Å²) >= 11 is 0. The molecule has 3 aromatic carbocycles. The van der Waals surface area contributed by atoms with Crippen LogP contribution in [0.3, 0.4) is 0 Å². The van der Waals surface area contributed by atoms with Gasteiger partial charge in [0.2, 0.25) is 5.91 Å². The van der Waals surface area contributed by atoms with E-state index in [-0.39, 0.29) is 23.7 Å². The second-order valence-electron chi connectivity index (χ2n) is 9.95. The van der Waals surface area contributed by atoms with Crippen molar-refractivity contribution >= 4 is 23.2 Å². The Bertz CT molecular complexity index is 1630. The van der Waals surface area contributed by atoms with E-state index in [0.29, 0.717) is 30.2 Å². The van der Waals surface area contributed by atoms with Gasteiger partial charge in [-0.25, -0.2) is 0 Å². The van der Waals surface area contributed by atoms with E-state index in [0.717, 1.165) is 23.4 Å². The standard InChI is InChI=1S/C32H32N4O6/c1-4-5-17-33(32(38)22-10-8-11-23(19-22)36(39)40)21-30(37)35-27-13-7-6-12-26(27)34-18-9-14-28(34)31(35)25-20-24(41-2)15-16-29(25)42-3/h6-16,18-20,31H,4-5,17,21H2,1-3H3. The Labute approximate surface area is 243 Å². The molecule has 0 saturated heterocycles. The number of rotatable bonds is 10. The van der Waals surface area contributed by atoms with E-state index in [4.69, 9.17) is 9.47 Å². The van der Waals surface area contributed by atoms with E-state index in [2.05, 4.69) is 0 Å². The summed E-state index contributed by atoms with van der Waals surface area (Å²) in [5, 5.41) is 11.4. The van der Waals surface area contributed by atoms with Crippen molar-refractivity contribution < 1.29 is 24.0 Å². The summed E-state index contributed by atoms with van der Waals surface area (Å²) in [4.78, 5) is 42.1. The Kier molecular flexibility index (Phi) is 8.24. The molecule has 1 aromatic heterocycles. The number of anilines is 1. The quantitative estimate of drug-likeness (QED) is 0.177. The van der Waals surface area contributed by atoms with Gasteiger partial charge in [0.1, 0.15) is 24.1 Å². The number of nitrogens with zero attached hydrogens (tertiary/aromatic N) is 4. The highest BCUT2D eigenvalue weighted by atomic mass is 16.6. The van der Waals surface area contributed by atoms with E-state index in [1.807, 2.05) is 66.2 Å². The Morgan fingerprint density at radius 2 is 1.74 bits per heavy atom. The first-order valence-electron chi connectivity index (χ1n) is 13.7. The first-order valence-corrected chi connectivity index (χ1v) is 13.7. The third-order valence-corrected chi connectivity index (χ3v) is 7.42. The molecule has 5 rings (SSSR count). The Balaban J connectivity index is 1.60. The van der Waals surface area contributed by atoms with Gasteiger partial charge in [-0.05, 0) is 55.0 Å². The number of nitro benzene ring substituents is 1. The molecule has 1 atom stereocenters. The number of benzene rings is 3. The number of fused-ring (bicyclic) bond motifs is 3. The molecule has 1 aliphatic heterocycles. The van der Waals surface area contributed by atoms with Crippen LogP contribution in [0.25, 0.3) is 5.69 Å². The molecule has 0 fully saturated rings. The molecule has 42 heavy (non-hydrogen) atoms. The van der Waals surface area contributed by atoms with E-state index < -0.39 is 16.9 Å². The number of unbranched alkanes of at least 4 members (excludes halogenated alkanes) is 1. The lowest BCUT2D eigenvalue weighted by Crippen LogP contribution is -2.47. The van der Waals surface area contributed by atoms with Gasteiger partial charge in [0.25, 0.3) is 11.6 Å². The maximum Gasteiger partial charge on any atom is 0.270 e. The average Bonchev–Trinajstić information content (AvgIpc) is 3.51. The number of hydrogen-bond donors (Lipinski definition) is 0. The highest BCUT2D eigenvalue weighted by Gasteiger charge is 2.38. The molecule has 10 heteroatoms. The maximum absolute atomic E-state index is 14.5. The maximum atomic E-state index is 14.5. The van der Waals surface area contributed by atoms with Crippen LogP contribution in [0.15, 0.2) is 85.1 Å². The molecule has 216 valence electrons. The lowest BCUT2D eigenvalue weighted by Gasteiger charge is -2.40. The third-order valence-electron chi connectivity index (χ3n) is 7.42. The first kappa shape index (κ1) is 28.4. The Morgan fingerprint density at radius 1 is 0.952 bits per heavy atom. The first-order chi connectivity index (χ1) is 20.4. The van der Waals surface area contributed by atoms with Crippen LogP contribution in [0.2, 0.25) is 0 Å². The van der Waals surface area contributed by atoms with Gasteiger partial charge >= 0.3 is 0 Å². The number of aromatic nitrogens is 1. The SMILES string of the molecule is CCCCN(CC(=O)N1c2ccccc2-n2cccc2C1c1cc(OC)ccc1OC)C(=O)c1cccc([N+](=O)[O-])c1. The number of carbonyl (C=O) groups is 2. The molecule has 1 aliphatic rings. The summed E-state index contributed by atoms with van der Waals surface area (Å²) in [7, 11) is 3.16. The number of hydrogen-bond acceptors (Lipinski definition) is 6. The number of ether oxygens (including phenoxy) is 2. The van der Waals surface area contributed by atoms with E-state index >= 15 is 0 Å². The van der Waals surface area contributed by atoms with Crippen LogP contribution in [-0.2, 0) is 4.79 Å². The molecule has 0 spiro atoms. The summed E-state index contributed by atoms with van der Waals surface area (Å²) in [6.07, 6.45) is 3.42. The van der Waals surface area contributed by atoms with Gasteiger partial charge in [-0.3, -0.25) is 24.6 Å². The Morgan fingerprint density at radius 3 is 2.45 bits per heavy atom. The Hall–Kier alpha value is -5.12. The van der Waals surface area contributed by atoms with Crippen LogP contribution in [0, 0.1) is 10.1 Å². The van der Waals surface area contributed by atoms with Crippen LogP contribution in [0.4, 0.5) is 11.4 Å². The topological polar surface area (TPSA) is 107 Å². The smallest absolute Gasteiger partial charge is 0.270 e. The fourth-order valence-corrected chi connectivity index (χ4v) is 5.39. The number of amides is 2. The van der Waals surface area contributed by atoms with Gasteiger partial charge in [0.15, 0.2) is 0 Å². The molecule has 1 unspecified atom stereocenters. The molecule has 0 aliphatic carbocycles. The van der Waals surface area contributed by atoms with E-state index in [9.17, 15) is 19.7 Å². The van der Waals surface area contributed by atoms with Crippen molar-refractivity contribution in [2.75, 3.05) is 32.2 Å². The lowest BCUT2D eigenvalue weighted by molar-refractivity contribution is -0.384. The zero-order valence-corrected chi connectivity index (χ0v) is 23.7. The minimum Gasteiger partial charge on any atom is -0.497 e. The molecule has 0 saturated carbocycles. The van der Waals surface area contributed by atoms with Crippen LogP contribution in [-0.4, -0.2) is 53.5 Å². The van der Waals surface area contributed by atoms with Crippen molar-refractivity contribution in [1.29, 1.82) is 0 Å². The largest absolute Gasteiger partial charge is 0.497 e. The zero-order chi connectivity index (χ0) is 29.8.